The maximum Gasteiger partial charge on any atom is 0.514 e. The molecular formula is C17H16IO4+. The van der Waals surface area contributed by atoms with Crippen molar-refractivity contribution in [2.75, 3.05) is 0 Å². The van der Waals surface area contributed by atoms with E-state index in [0.29, 0.717) is 5.75 Å². The second kappa shape index (κ2) is 5.79. The Morgan fingerprint density at radius 3 is 2.55 bits per heavy atom. The average molecular weight is 411 g/mol. The summed E-state index contributed by atoms with van der Waals surface area (Å²) < 4.78 is 18.7. The van der Waals surface area contributed by atoms with E-state index >= 15 is 0 Å². The number of carbonyl (C=O) groups excluding carboxylic acids is 1. The van der Waals surface area contributed by atoms with Gasteiger partial charge in [-0.25, -0.2) is 4.79 Å². The molecule has 4 nitrogen and oxygen atoms in total. The van der Waals surface area contributed by atoms with Crippen LogP contribution in [0.1, 0.15) is 20.8 Å². The fourth-order valence-corrected chi connectivity index (χ4v) is 4.36. The van der Waals surface area contributed by atoms with Crippen molar-refractivity contribution in [1.82, 2.24) is 0 Å². The van der Waals surface area contributed by atoms with E-state index in [4.69, 9.17) is 14.2 Å². The van der Waals surface area contributed by atoms with Gasteiger partial charge in [0, 0.05) is 6.07 Å². The van der Waals surface area contributed by atoms with Gasteiger partial charge < -0.3 is 14.2 Å². The van der Waals surface area contributed by atoms with Gasteiger partial charge in [-0.15, -0.1) is 0 Å². The maximum absolute atomic E-state index is 11.7. The molecule has 0 saturated carbocycles. The van der Waals surface area contributed by atoms with Gasteiger partial charge in [-0.3, -0.25) is 0 Å². The number of halogens is 1. The summed E-state index contributed by atoms with van der Waals surface area (Å²) in [4.78, 5) is 11.7. The smallest absolute Gasteiger partial charge is 0.448 e. The Labute approximate surface area is 139 Å². The molecule has 2 aromatic carbocycles. The summed E-state index contributed by atoms with van der Waals surface area (Å²) in [6.07, 6.45) is -0.710. The van der Waals surface area contributed by atoms with Crippen molar-refractivity contribution >= 4 is 6.16 Å². The summed E-state index contributed by atoms with van der Waals surface area (Å²) in [6, 6.07) is 13.5. The highest BCUT2D eigenvalue weighted by atomic mass is 127. The van der Waals surface area contributed by atoms with Crippen LogP contribution in [0.15, 0.2) is 42.5 Å². The zero-order chi connectivity index (χ0) is 15.7. The molecule has 1 heterocycles. The lowest BCUT2D eigenvalue weighted by Gasteiger charge is -2.19. The van der Waals surface area contributed by atoms with E-state index in [-0.39, 0.29) is 21.2 Å². The fraction of sp³-hybridized carbons (Fsp3) is 0.235. The van der Waals surface area contributed by atoms with Gasteiger partial charge in [-0.2, -0.15) is 0 Å². The highest BCUT2D eigenvalue weighted by molar-refractivity contribution is 5.64. The van der Waals surface area contributed by atoms with Crippen LogP contribution in [0.3, 0.4) is 0 Å². The molecule has 0 aliphatic carbocycles. The van der Waals surface area contributed by atoms with Crippen molar-refractivity contribution in [3.8, 4) is 17.2 Å². The van der Waals surface area contributed by atoms with Gasteiger partial charge in [0.25, 0.3) is 0 Å². The zero-order valence-corrected chi connectivity index (χ0v) is 14.7. The number of hydrogen-bond donors (Lipinski definition) is 0. The van der Waals surface area contributed by atoms with E-state index in [9.17, 15) is 4.79 Å². The van der Waals surface area contributed by atoms with E-state index < -0.39 is 11.8 Å². The van der Waals surface area contributed by atoms with Gasteiger partial charge >= 0.3 is 27.4 Å². The third kappa shape index (κ3) is 3.52. The molecule has 0 aromatic heterocycles. The number of hydrogen-bond acceptors (Lipinski definition) is 4. The van der Waals surface area contributed by atoms with Crippen molar-refractivity contribution in [3.63, 3.8) is 0 Å². The van der Waals surface area contributed by atoms with Gasteiger partial charge in [0.1, 0.15) is 11.4 Å². The molecule has 1 aliphatic rings. The summed E-state index contributed by atoms with van der Waals surface area (Å²) in [5.74, 6) is 2.07. The normalized spacial score (nSPS) is 12.7. The third-order valence-corrected chi connectivity index (χ3v) is 5.70. The number of rotatable bonds is 1. The SMILES string of the molecule is CC(C)(C)OC(=O)Oc1ccc2c(c1)Oc1ccccc1[I+]2. The molecule has 5 heteroatoms. The number of para-hydroxylation sites is 1. The molecule has 22 heavy (non-hydrogen) atoms. The quantitative estimate of drug-likeness (QED) is 0.344. The number of benzene rings is 2. The van der Waals surface area contributed by atoms with E-state index in [0.717, 1.165) is 11.5 Å². The molecular weight excluding hydrogens is 395 g/mol. The summed E-state index contributed by atoms with van der Waals surface area (Å²) in [7, 11) is 0. The molecule has 0 saturated heterocycles. The summed E-state index contributed by atoms with van der Waals surface area (Å²) in [5.41, 5.74) is -0.577. The second-order valence-electron chi connectivity index (χ2n) is 5.79. The average Bonchev–Trinajstić information content (AvgIpc) is 2.43. The minimum atomic E-state index is -0.710. The summed E-state index contributed by atoms with van der Waals surface area (Å²) in [6.45, 7) is 5.39. The standard InChI is InChI=1S/C17H16IO4/c1-17(2,3)22-16(19)20-11-8-9-13-15(10-11)21-14-7-5-4-6-12(14)18-13/h4-10H,1-3H3/q+1. The molecule has 0 radical (unpaired) electrons. The molecule has 2 aromatic rings. The Morgan fingerprint density at radius 2 is 1.77 bits per heavy atom. The van der Waals surface area contributed by atoms with Crippen LogP contribution in [-0.4, -0.2) is 11.8 Å². The van der Waals surface area contributed by atoms with Crippen molar-refractivity contribution in [2.24, 2.45) is 0 Å². The van der Waals surface area contributed by atoms with E-state index in [1.54, 1.807) is 32.9 Å². The van der Waals surface area contributed by atoms with Gasteiger partial charge in [-0.05, 0) is 45.0 Å². The van der Waals surface area contributed by atoms with Gasteiger partial charge in [0.15, 0.2) is 11.5 Å². The minimum Gasteiger partial charge on any atom is -0.448 e. The van der Waals surface area contributed by atoms with Crippen molar-refractivity contribution in [2.45, 2.75) is 26.4 Å². The van der Waals surface area contributed by atoms with Crippen LogP contribution in [0, 0.1) is 7.14 Å². The van der Waals surface area contributed by atoms with Gasteiger partial charge in [-0.1, -0.05) is 12.1 Å². The Hall–Kier alpha value is -1.76. The van der Waals surface area contributed by atoms with Crippen LogP contribution in [-0.2, 0) is 4.74 Å². The maximum atomic E-state index is 11.7. The Balaban J connectivity index is 1.77. The number of carbonyl (C=O) groups is 1. The molecule has 1 aliphatic heterocycles. The molecule has 3 rings (SSSR count). The number of ether oxygens (including phenoxy) is 3. The van der Waals surface area contributed by atoms with Crippen molar-refractivity contribution < 1.29 is 40.2 Å². The second-order valence-corrected chi connectivity index (χ2v) is 8.65. The van der Waals surface area contributed by atoms with Crippen LogP contribution < -0.4 is 30.7 Å². The topological polar surface area (TPSA) is 44.8 Å². The number of fused-ring (bicyclic) bond motifs is 2. The first-order valence-corrected chi connectivity index (χ1v) is 9.03. The predicted molar refractivity (Wildman–Crippen MR) is 77.2 cm³/mol. The Kier molecular flexibility index (Phi) is 3.99. The molecule has 0 atom stereocenters. The van der Waals surface area contributed by atoms with E-state index in [1.165, 1.54) is 7.14 Å². The largest absolute Gasteiger partial charge is 0.514 e. The first kappa shape index (κ1) is 15.1. The first-order valence-electron chi connectivity index (χ1n) is 6.87. The van der Waals surface area contributed by atoms with Crippen LogP contribution in [0.25, 0.3) is 0 Å². The molecule has 114 valence electrons. The van der Waals surface area contributed by atoms with E-state index in [1.807, 2.05) is 24.3 Å². The highest BCUT2D eigenvalue weighted by Gasteiger charge is 2.31. The lowest BCUT2D eigenvalue weighted by atomic mass is 10.2. The minimum absolute atomic E-state index is 0.278. The molecule has 0 bridgehead atoms. The summed E-state index contributed by atoms with van der Waals surface area (Å²) in [5, 5.41) is 0. The Bertz CT molecular complexity index is 719. The zero-order valence-electron chi connectivity index (χ0n) is 12.6. The predicted octanol–water partition coefficient (Wildman–Crippen LogP) is 1.23. The van der Waals surface area contributed by atoms with Crippen molar-refractivity contribution in [3.05, 3.63) is 49.6 Å². The lowest BCUT2D eigenvalue weighted by Crippen LogP contribution is -3.61. The first-order chi connectivity index (χ1) is 10.4. The molecule has 0 N–H and O–H groups in total. The Morgan fingerprint density at radius 1 is 1.05 bits per heavy atom. The lowest BCUT2D eigenvalue weighted by molar-refractivity contribution is -0.602. The van der Waals surface area contributed by atoms with Gasteiger partial charge in [0.05, 0.1) is 0 Å². The monoisotopic (exact) mass is 411 g/mol. The third-order valence-electron chi connectivity index (χ3n) is 2.75. The van der Waals surface area contributed by atoms with Crippen LogP contribution >= 0.6 is 0 Å². The van der Waals surface area contributed by atoms with Gasteiger partial charge in [0.2, 0.25) is 7.14 Å². The molecule has 0 fully saturated rings. The fourth-order valence-electron chi connectivity index (χ4n) is 1.90. The van der Waals surface area contributed by atoms with Crippen LogP contribution in [0.2, 0.25) is 0 Å². The van der Waals surface area contributed by atoms with Crippen LogP contribution in [0.5, 0.6) is 17.2 Å². The van der Waals surface area contributed by atoms with Crippen molar-refractivity contribution in [1.29, 1.82) is 0 Å². The van der Waals surface area contributed by atoms with E-state index in [2.05, 4.69) is 6.07 Å². The summed E-state index contributed by atoms with van der Waals surface area (Å²) >= 11 is -0.278. The highest BCUT2D eigenvalue weighted by Crippen LogP contribution is 2.27. The molecule has 0 amide bonds. The molecule has 0 unspecified atom stereocenters. The molecule has 0 spiro atoms. The van der Waals surface area contributed by atoms with Crippen LogP contribution in [0.4, 0.5) is 4.79 Å².